The molecule has 0 amide bonds. The predicted molar refractivity (Wildman–Crippen MR) is 155 cm³/mol. The van der Waals surface area contributed by atoms with E-state index in [-0.39, 0.29) is 34.3 Å². The van der Waals surface area contributed by atoms with Gasteiger partial charge in [-0.05, 0) is 81.6 Å². The molecule has 3 saturated carbocycles. The molecular formula is C36H40O5. The molecule has 0 unspecified atom stereocenters. The molecule has 1 saturated heterocycles. The molecule has 2 aromatic rings. The van der Waals surface area contributed by atoms with E-state index < -0.39 is 11.4 Å². The van der Waals surface area contributed by atoms with Crippen molar-refractivity contribution >= 4 is 17.3 Å². The number of carbonyl (C=O) groups excluding carboxylic acids is 3. The van der Waals surface area contributed by atoms with Crippen LogP contribution in [0, 0.1) is 28.6 Å². The number of benzene rings is 2. The second-order valence-corrected chi connectivity index (χ2v) is 13.9. The van der Waals surface area contributed by atoms with Crippen molar-refractivity contribution in [2.75, 3.05) is 0 Å². The molecular weight excluding hydrogens is 512 g/mol. The molecule has 214 valence electrons. The molecule has 0 aromatic heterocycles. The van der Waals surface area contributed by atoms with Gasteiger partial charge >= 0.3 is 0 Å². The maximum Gasteiger partial charge on any atom is 0.193 e. The highest BCUT2D eigenvalue weighted by Crippen LogP contribution is 2.71. The summed E-state index contributed by atoms with van der Waals surface area (Å²) in [6, 6.07) is 16.7. The van der Waals surface area contributed by atoms with Gasteiger partial charge in [-0.2, -0.15) is 0 Å². The second kappa shape index (κ2) is 9.05. The summed E-state index contributed by atoms with van der Waals surface area (Å²) in [6.07, 6.45) is 8.02. The first-order chi connectivity index (χ1) is 19.5. The van der Waals surface area contributed by atoms with Crippen molar-refractivity contribution in [3.05, 3.63) is 82.9 Å². The van der Waals surface area contributed by atoms with E-state index in [1.807, 2.05) is 67.6 Å². The number of ketones is 3. The Hall–Kier alpha value is -2.89. The highest BCUT2D eigenvalue weighted by atomic mass is 16.8. The molecule has 4 aliphatic carbocycles. The summed E-state index contributed by atoms with van der Waals surface area (Å²) in [5, 5.41) is 0. The number of fused-ring (bicyclic) bond motifs is 7. The lowest BCUT2D eigenvalue weighted by molar-refractivity contribution is -0.227. The molecule has 0 N–H and O–H groups in total. The van der Waals surface area contributed by atoms with Crippen LogP contribution >= 0.6 is 0 Å². The number of hydrogen-bond acceptors (Lipinski definition) is 5. The van der Waals surface area contributed by atoms with Crippen LogP contribution in [0.1, 0.15) is 94.1 Å². The summed E-state index contributed by atoms with van der Waals surface area (Å²) in [5.41, 5.74) is 2.18. The number of allylic oxidation sites excluding steroid dienone is 1. The van der Waals surface area contributed by atoms with Gasteiger partial charge in [0.1, 0.15) is 0 Å². The van der Waals surface area contributed by atoms with Crippen molar-refractivity contribution in [1.29, 1.82) is 0 Å². The van der Waals surface area contributed by atoms with Gasteiger partial charge in [-0.25, -0.2) is 0 Å². The zero-order valence-electron chi connectivity index (χ0n) is 24.6. The number of rotatable bonds is 4. The van der Waals surface area contributed by atoms with Crippen LogP contribution in [-0.2, 0) is 24.8 Å². The first kappa shape index (κ1) is 27.0. The molecule has 8 atom stereocenters. The van der Waals surface area contributed by atoms with Gasteiger partial charge < -0.3 is 9.47 Å². The Kier molecular flexibility index (Phi) is 5.96. The fourth-order valence-electron chi connectivity index (χ4n) is 9.96. The van der Waals surface area contributed by atoms with E-state index in [0.717, 1.165) is 44.1 Å². The minimum absolute atomic E-state index is 0.0266. The largest absolute Gasteiger partial charge is 0.339 e. The van der Waals surface area contributed by atoms with Crippen LogP contribution in [0.2, 0.25) is 0 Å². The van der Waals surface area contributed by atoms with Gasteiger partial charge in [0.2, 0.25) is 0 Å². The zero-order chi connectivity index (χ0) is 28.8. The van der Waals surface area contributed by atoms with Crippen molar-refractivity contribution in [2.24, 2.45) is 28.6 Å². The fraction of sp³-hybridized carbons (Fsp3) is 0.528. The number of carbonyl (C=O) groups is 3. The molecule has 0 spiro atoms. The first-order valence-corrected chi connectivity index (χ1v) is 15.3. The lowest BCUT2D eigenvalue weighted by Gasteiger charge is -2.59. The summed E-state index contributed by atoms with van der Waals surface area (Å²) >= 11 is 0. The van der Waals surface area contributed by atoms with E-state index in [2.05, 4.69) is 13.8 Å². The molecule has 1 aliphatic heterocycles. The third-order valence-corrected chi connectivity index (χ3v) is 12.1. The van der Waals surface area contributed by atoms with Gasteiger partial charge in [0.15, 0.2) is 28.7 Å². The molecule has 1 heterocycles. The Balaban J connectivity index is 1.18. The number of ether oxygens (including phenoxy) is 2. The SMILES string of the molecule is CC(=O)[C@@]12O[C@](C)(c3ccc(C(=O)c4ccccc4)cc3)O[C@@H]1C[C@H]1[C@@H]3CCC4=CC(=O)CC[C@]4(C)[C@H]3CC[C@@]12C. The van der Waals surface area contributed by atoms with Gasteiger partial charge in [-0.1, -0.05) is 74.0 Å². The normalized spacial score (nSPS) is 41.1. The molecule has 5 aliphatic rings. The molecule has 5 heteroatoms. The smallest absolute Gasteiger partial charge is 0.193 e. The molecule has 5 nitrogen and oxygen atoms in total. The van der Waals surface area contributed by atoms with E-state index in [4.69, 9.17) is 9.47 Å². The summed E-state index contributed by atoms with van der Waals surface area (Å²) < 4.78 is 13.8. The molecule has 2 aromatic carbocycles. The molecule has 0 bridgehead atoms. The predicted octanol–water partition coefficient (Wildman–Crippen LogP) is 6.98. The highest BCUT2D eigenvalue weighted by molar-refractivity contribution is 6.08. The average Bonchev–Trinajstić information content (AvgIpc) is 3.42. The van der Waals surface area contributed by atoms with Crippen LogP contribution in [0.5, 0.6) is 0 Å². The van der Waals surface area contributed by atoms with Crippen molar-refractivity contribution in [3.8, 4) is 0 Å². The van der Waals surface area contributed by atoms with Gasteiger partial charge in [-0.3, -0.25) is 14.4 Å². The molecule has 7 rings (SSSR count). The van der Waals surface area contributed by atoms with Crippen LogP contribution < -0.4 is 0 Å². The van der Waals surface area contributed by atoms with E-state index in [9.17, 15) is 14.4 Å². The fourth-order valence-corrected chi connectivity index (χ4v) is 9.96. The Morgan fingerprint density at radius 1 is 0.854 bits per heavy atom. The highest BCUT2D eigenvalue weighted by Gasteiger charge is 2.75. The summed E-state index contributed by atoms with van der Waals surface area (Å²) in [5.74, 6) is 0.582. The minimum Gasteiger partial charge on any atom is -0.339 e. The van der Waals surface area contributed by atoms with Crippen molar-refractivity contribution in [3.63, 3.8) is 0 Å². The number of Topliss-reactive ketones (excluding diaryl/α,β-unsaturated/α-hetero) is 1. The maximum atomic E-state index is 13.7. The van der Waals surface area contributed by atoms with Crippen molar-refractivity contribution in [1.82, 2.24) is 0 Å². The Morgan fingerprint density at radius 2 is 1.56 bits per heavy atom. The van der Waals surface area contributed by atoms with E-state index in [1.54, 1.807) is 6.92 Å². The topological polar surface area (TPSA) is 69.7 Å². The standard InChI is InChI=1S/C36H40O5/c1-22(37)36-31(40-35(4,41-36)25-12-10-24(11-13-25)32(39)23-8-6-5-7-9-23)21-30-28-15-14-26-20-27(38)16-18-33(26,2)29(28)17-19-34(30,36)3/h5-13,20,28-31H,14-19,21H2,1-4H3/t28-,29+,30+,31-,33+,34+,35-,36-/m1/s1. The maximum absolute atomic E-state index is 13.7. The Morgan fingerprint density at radius 3 is 2.27 bits per heavy atom. The molecule has 41 heavy (non-hydrogen) atoms. The molecule has 4 fully saturated rings. The zero-order valence-corrected chi connectivity index (χ0v) is 24.6. The summed E-state index contributed by atoms with van der Waals surface area (Å²) in [6.45, 7) is 8.27. The second-order valence-electron chi connectivity index (χ2n) is 13.9. The van der Waals surface area contributed by atoms with Crippen molar-refractivity contribution in [2.45, 2.75) is 90.1 Å². The van der Waals surface area contributed by atoms with E-state index in [0.29, 0.717) is 35.3 Å². The van der Waals surface area contributed by atoms with Crippen molar-refractivity contribution < 1.29 is 23.9 Å². The lowest BCUT2D eigenvalue weighted by atomic mass is 9.46. The van der Waals surface area contributed by atoms with E-state index in [1.165, 1.54) is 5.57 Å². The third kappa shape index (κ3) is 3.64. The lowest BCUT2D eigenvalue weighted by Crippen LogP contribution is -2.59. The van der Waals surface area contributed by atoms with Crippen LogP contribution in [0.3, 0.4) is 0 Å². The summed E-state index contributed by atoms with van der Waals surface area (Å²) in [7, 11) is 0. The van der Waals surface area contributed by atoms with Crippen LogP contribution in [0.4, 0.5) is 0 Å². The average molecular weight is 553 g/mol. The van der Waals surface area contributed by atoms with E-state index >= 15 is 0 Å². The van der Waals surface area contributed by atoms with Gasteiger partial charge in [0.25, 0.3) is 0 Å². The molecule has 0 radical (unpaired) electrons. The van der Waals surface area contributed by atoms with Crippen LogP contribution in [-0.4, -0.2) is 29.1 Å². The quantitative estimate of drug-likeness (QED) is 0.383. The number of hydrogen-bond donors (Lipinski definition) is 0. The Bertz CT molecular complexity index is 1460. The van der Waals surface area contributed by atoms with Gasteiger partial charge in [0, 0.05) is 28.5 Å². The first-order valence-electron chi connectivity index (χ1n) is 15.3. The minimum atomic E-state index is -1.08. The van der Waals surface area contributed by atoms with Gasteiger partial charge in [0.05, 0.1) is 6.10 Å². The Labute approximate surface area is 242 Å². The third-order valence-electron chi connectivity index (χ3n) is 12.1. The van der Waals surface area contributed by atoms with Crippen LogP contribution in [0.25, 0.3) is 0 Å². The van der Waals surface area contributed by atoms with Gasteiger partial charge in [-0.15, -0.1) is 0 Å². The summed E-state index contributed by atoms with van der Waals surface area (Å²) in [4.78, 5) is 38.9. The van der Waals surface area contributed by atoms with Crippen LogP contribution in [0.15, 0.2) is 66.2 Å². The monoisotopic (exact) mass is 552 g/mol.